The Labute approximate surface area is 90.9 Å². The van der Waals surface area contributed by atoms with Gasteiger partial charge in [0.25, 0.3) is 0 Å². The van der Waals surface area contributed by atoms with E-state index < -0.39 is 0 Å². The van der Waals surface area contributed by atoms with Crippen molar-refractivity contribution in [3.63, 3.8) is 0 Å². The van der Waals surface area contributed by atoms with Gasteiger partial charge in [0.1, 0.15) is 5.75 Å². The van der Waals surface area contributed by atoms with Crippen molar-refractivity contribution in [2.75, 3.05) is 6.54 Å². The van der Waals surface area contributed by atoms with Crippen molar-refractivity contribution in [2.24, 2.45) is 0 Å². The summed E-state index contributed by atoms with van der Waals surface area (Å²) in [6, 6.07) is 7.23. The SMILES string of the molecule is CCCN(O)C(C)Cc1cccc(O)c1. The van der Waals surface area contributed by atoms with E-state index in [0.717, 1.165) is 18.4 Å². The number of hydrogen-bond acceptors (Lipinski definition) is 3. The molecule has 0 aliphatic rings. The second-order valence-electron chi connectivity index (χ2n) is 3.89. The molecule has 0 aromatic heterocycles. The molecule has 0 saturated heterocycles. The number of phenols is 1. The lowest BCUT2D eigenvalue weighted by atomic mass is 10.1. The van der Waals surface area contributed by atoms with Gasteiger partial charge in [-0.25, -0.2) is 0 Å². The van der Waals surface area contributed by atoms with Crippen molar-refractivity contribution in [2.45, 2.75) is 32.7 Å². The van der Waals surface area contributed by atoms with Crippen LogP contribution in [-0.2, 0) is 6.42 Å². The number of hydrogen-bond donors (Lipinski definition) is 2. The van der Waals surface area contributed by atoms with Crippen LogP contribution in [0.2, 0.25) is 0 Å². The Kier molecular flexibility index (Phi) is 4.59. The molecule has 0 aliphatic heterocycles. The first-order chi connectivity index (χ1) is 7.13. The normalized spacial score (nSPS) is 13.1. The van der Waals surface area contributed by atoms with Crippen LogP contribution in [0.4, 0.5) is 0 Å². The summed E-state index contributed by atoms with van der Waals surface area (Å²) in [7, 11) is 0. The summed E-state index contributed by atoms with van der Waals surface area (Å²) in [5.74, 6) is 0.277. The average molecular weight is 209 g/mol. The molecule has 0 spiro atoms. The fraction of sp³-hybridized carbons (Fsp3) is 0.500. The average Bonchev–Trinajstić information content (AvgIpc) is 2.18. The van der Waals surface area contributed by atoms with Crippen molar-refractivity contribution in [3.05, 3.63) is 29.8 Å². The Hall–Kier alpha value is -1.06. The fourth-order valence-electron chi connectivity index (χ4n) is 1.58. The van der Waals surface area contributed by atoms with Gasteiger partial charge in [-0.15, -0.1) is 0 Å². The fourth-order valence-corrected chi connectivity index (χ4v) is 1.58. The summed E-state index contributed by atoms with van der Waals surface area (Å²) >= 11 is 0. The molecule has 15 heavy (non-hydrogen) atoms. The van der Waals surface area contributed by atoms with E-state index in [9.17, 15) is 10.3 Å². The summed E-state index contributed by atoms with van der Waals surface area (Å²) in [6.45, 7) is 4.68. The van der Waals surface area contributed by atoms with Gasteiger partial charge in [-0.05, 0) is 37.5 Å². The lowest BCUT2D eigenvalue weighted by molar-refractivity contribution is -0.121. The Morgan fingerprint density at radius 1 is 1.40 bits per heavy atom. The first-order valence-electron chi connectivity index (χ1n) is 5.37. The number of phenolic OH excluding ortho intramolecular Hbond substituents is 1. The molecule has 1 aromatic carbocycles. The van der Waals surface area contributed by atoms with Crippen molar-refractivity contribution < 1.29 is 10.3 Å². The molecule has 0 bridgehead atoms. The molecule has 0 saturated carbocycles. The van der Waals surface area contributed by atoms with Crippen LogP contribution in [0.25, 0.3) is 0 Å². The monoisotopic (exact) mass is 209 g/mol. The van der Waals surface area contributed by atoms with E-state index in [-0.39, 0.29) is 11.8 Å². The third-order valence-electron chi connectivity index (χ3n) is 2.40. The second-order valence-corrected chi connectivity index (χ2v) is 3.89. The molecule has 3 heteroatoms. The zero-order valence-electron chi connectivity index (χ0n) is 9.35. The highest BCUT2D eigenvalue weighted by molar-refractivity contribution is 5.27. The van der Waals surface area contributed by atoms with Crippen molar-refractivity contribution in [1.29, 1.82) is 0 Å². The minimum absolute atomic E-state index is 0.0757. The first-order valence-corrected chi connectivity index (χ1v) is 5.37. The zero-order chi connectivity index (χ0) is 11.3. The standard InChI is InChI=1S/C12H19NO2/c1-3-7-13(15)10(2)8-11-5-4-6-12(14)9-11/h4-6,9-10,14-15H,3,7-8H2,1-2H3. The molecule has 1 unspecified atom stereocenters. The van der Waals surface area contributed by atoms with Gasteiger partial charge in [-0.1, -0.05) is 19.1 Å². The molecule has 0 aliphatic carbocycles. The molecule has 2 N–H and O–H groups in total. The molecule has 0 fully saturated rings. The third-order valence-corrected chi connectivity index (χ3v) is 2.40. The zero-order valence-corrected chi connectivity index (χ0v) is 9.35. The van der Waals surface area contributed by atoms with Gasteiger partial charge < -0.3 is 10.3 Å². The molecule has 3 nitrogen and oxygen atoms in total. The molecular weight excluding hydrogens is 190 g/mol. The number of nitrogens with zero attached hydrogens (tertiary/aromatic N) is 1. The highest BCUT2D eigenvalue weighted by Gasteiger charge is 2.10. The first kappa shape index (κ1) is 12.0. The maximum Gasteiger partial charge on any atom is 0.115 e. The molecule has 1 aromatic rings. The van der Waals surface area contributed by atoms with E-state index in [0.29, 0.717) is 6.54 Å². The van der Waals surface area contributed by atoms with Crippen molar-refractivity contribution >= 4 is 0 Å². The quantitative estimate of drug-likeness (QED) is 0.732. The van der Waals surface area contributed by atoms with Gasteiger partial charge in [0.2, 0.25) is 0 Å². The predicted octanol–water partition coefficient (Wildman–Crippen LogP) is 2.42. The largest absolute Gasteiger partial charge is 0.508 e. The number of benzene rings is 1. The highest BCUT2D eigenvalue weighted by Crippen LogP contribution is 2.14. The molecule has 1 atom stereocenters. The maximum absolute atomic E-state index is 9.62. The van der Waals surface area contributed by atoms with Crippen LogP contribution in [0.5, 0.6) is 5.75 Å². The maximum atomic E-state index is 9.62. The lowest BCUT2D eigenvalue weighted by Crippen LogP contribution is -2.32. The molecule has 1 rings (SSSR count). The topological polar surface area (TPSA) is 43.7 Å². The van der Waals surface area contributed by atoms with Gasteiger partial charge in [-0.3, -0.25) is 0 Å². The van der Waals surface area contributed by atoms with Crippen LogP contribution < -0.4 is 0 Å². The predicted molar refractivity (Wildman–Crippen MR) is 60.1 cm³/mol. The van der Waals surface area contributed by atoms with Crippen molar-refractivity contribution in [3.8, 4) is 5.75 Å². The number of hydroxylamine groups is 2. The van der Waals surface area contributed by atoms with Gasteiger partial charge >= 0.3 is 0 Å². The molecule has 0 heterocycles. The Morgan fingerprint density at radius 2 is 2.13 bits per heavy atom. The molecule has 0 radical (unpaired) electrons. The van der Waals surface area contributed by atoms with E-state index in [2.05, 4.69) is 0 Å². The van der Waals surface area contributed by atoms with Crippen molar-refractivity contribution in [1.82, 2.24) is 5.06 Å². The Balaban J connectivity index is 2.54. The van der Waals surface area contributed by atoms with E-state index in [1.807, 2.05) is 26.0 Å². The van der Waals surface area contributed by atoms with Crippen LogP contribution in [-0.4, -0.2) is 28.0 Å². The highest BCUT2D eigenvalue weighted by atomic mass is 16.5. The summed E-state index contributed by atoms with van der Waals surface area (Å²) < 4.78 is 0. The van der Waals surface area contributed by atoms with E-state index in [1.54, 1.807) is 12.1 Å². The Morgan fingerprint density at radius 3 is 2.73 bits per heavy atom. The van der Waals surface area contributed by atoms with Crippen LogP contribution in [0.3, 0.4) is 0 Å². The minimum atomic E-state index is 0.0757. The summed E-state index contributed by atoms with van der Waals surface area (Å²) in [4.78, 5) is 0. The van der Waals surface area contributed by atoms with Gasteiger partial charge in [0.15, 0.2) is 0 Å². The van der Waals surface area contributed by atoms with Crippen LogP contribution in [0.15, 0.2) is 24.3 Å². The van der Waals surface area contributed by atoms with Gasteiger partial charge in [0.05, 0.1) is 0 Å². The van der Waals surface area contributed by atoms with Gasteiger partial charge in [0, 0.05) is 12.6 Å². The lowest BCUT2D eigenvalue weighted by Gasteiger charge is -2.21. The second kappa shape index (κ2) is 5.73. The smallest absolute Gasteiger partial charge is 0.115 e. The van der Waals surface area contributed by atoms with Crippen LogP contribution in [0, 0.1) is 0 Å². The summed E-state index contributed by atoms with van der Waals surface area (Å²) in [5, 5.41) is 20.3. The molecule has 84 valence electrons. The van der Waals surface area contributed by atoms with Crippen LogP contribution in [0.1, 0.15) is 25.8 Å². The van der Waals surface area contributed by atoms with E-state index in [4.69, 9.17) is 0 Å². The number of aromatic hydroxyl groups is 1. The van der Waals surface area contributed by atoms with E-state index >= 15 is 0 Å². The molecular formula is C12H19NO2. The Bertz CT molecular complexity index is 301. The third kappa shape index (κ3) is 3.90. The number of rotatable bonds is 5. The molecule has 0 amide bonds. The van der Waals surface area contributed by atoms with Crippen LogP contribution >= 0.6 is 0 Å². The van der Waals surface area contributed by atoms with Gasteiger partial charge in [-0.2, -0.15) is 5.06 Å². The minimum Gasteiger partial charge on any atom is -0.508 e. The summed E-state index contributed by atoms with van der Waals surface area (Å²) in [6.07, 6.45) is 1.67. The van der Waals surface area contributed by atoms with E-state index in [1.165, 1.54) is 5.06 Å². The summed E-state index contributed by atoms with van der Waals surface area (Å²) in [5.41, 5.74) is 1.04.